The van der Waals surface area contributed by atoms with Crippen molar-refractivity contribution in [3.05, 3.63) is 54.0 Å². The number of likely N-dealkylation sites (tertiary alicyclic amines) is 1. The number of nitrogens with two attached hydrogens (primary N) is 1. The minimum absolute atomic E-state index is 0.0179. The molecule has 0 amide bonds. The number of halogens is 6. The molecule has 35 heavy (non-hydrogen) atoms. The van der Waals surface area contributed by atoms with Crippen molar-refractivity contribution < 1.29 is 31.1 Å². The van der Waals surface area contributed by atoms with E-state index in [-0.39, 0.29) is 47.4 Å². The molecule has 13 heteroatoms. The molecule has 7 nitrogen and oxygen atoms in total. The molecule has 1 aromatic carbocycles. The van der Waals surface area contributed by atoms with Crippen molar-refractivity contribution in [2.45, 2.75) is 31.3 Å². The van der Waals surface area contributed by atoms with Crippen LogP contribution in [0.3, 0.4) is 0 Å². The number of hydrogen-bond donors (Lipinski definition) is 1. The highest BCUT2D eigenvalue weighted by molar-refractivity contribution is 5.82. The fourth-order valence-corrected chi connectivity index (χ4v) is 4.34. The smallest absolute Gasteiger partial charge is 0.408 e. The number of ether oxygens (including phenoxy) is 1. The van der Waals surface area contributed by atoms with Crippen molar-refractivity contribution in [2.24, 2.45) is 5.73 Å². The van der Waals surface area contributed by atoms with E-state index in [1.54, 1.807) is 0 Å². The molecule has 0 aliphatic carbocycles. The first-order valence-electron chi connectivity index (χ1n) is 10.6. The quantitative estimate of drug-likeness (QED) is 0.415. The van der Waals surface area contributed by atoms with Gasteiger partial charge in [0, 0.05) is 36.8 Å². The largest absolute Gasteiger partial charge is 0.432 e. The molecule has 1 fully saturated rings. The molecule has 0 saturated carbocycles. The second-order valence-corrected chi connectivity index (χ2v) is 8.25. The van der Waals surface area contributed by atoms with Gasteiger partial charge in [-0.05, 0) is 30.2 Å². The predicted molar refractivity (Wildman–Crippen MR) is 113 cm³/mol. The lowest BCUT2D eigenvalue weighted by molar-refractivity contribution is -0.183. The van der Waals surface area contributed by atoms with Crippen molar-refractivity contribution in [3.63, 3.8) is 0 Å². The van der Waals surface area contributed by atoms with Gasteiger partial charge in [0.2, 0.25) is 0 Å². The van der Waals surface area contributed by atoms with Crippen LogP contribution in [0.1, 0.15) is 18.0 Å². The normalized spacial score (nSPS) is 18.1. The Morgan fingerprint density at radius 2 is 1.89 bits per heavy atom. The van der Waals surface area contributed by atoms with E-state index >= 15 is 0 Å². The maximum atomic E-state index is 14.0. The van der Waals surface area contributed by atoms with E-state index in [2.05, 4.69) is 19.9 Å². The SMILES string of the molecule is N[C@H]1CCN([C@H](c2ccc3nnc(-c4ccc5cc(F)c(OC(F)F)cc5n4)n3c2)C(F)(F)F)C1. The van der Waals surface area contributed by atoms with Crippen LogP contribution in [0.15, 0.2) is 42.6 Å². The van der Waals surface area contributed by atoms with Crippen LogP contribution in [0.2, 0.25) is 0 Å². The van der Waals surface area contributed by atoms with Gasteiger partial charge < -0.3 is 10.5 Å². The summed E-state index contributed by atoms with van der Waals surface area (Å²) in [6.45, 7) is -2.90. The van der Waals surface area contributed by atoms with Crippen LogP contribution in [-0.4, -0.2) is 56.4 Å². The van der Waals surface area contributed by atoms with Crippen LogP contribution in [0.25, 0.3) is 28.1 Å². The van der Waals surface area contributed by atoms with Gasteiger partial charge in [-0.3, -0.25) is 9.30 Å². The average molecular weight is 496 g/mol. The Kier molecular flexibility index (Phi) is 5.75. The zero-order valence-corrected chi connectivity index (χ0v) is 17.9. The van der Waals surface area contributed by atoms with Gasteiger partial charge in [-0.2, -0.15) is 22.0 Å². The summed E-state index contributed by atoms with van der Waals surface area (Å²) in [5, 5.41) is 8.35. The van der Waals surface area contributed by atoms with Crippen molar-refractivity contribution >= 4 is 16.6 Å². The lowest BCUT2D eigenvalue weighted by Crippen LogP contribution is -2.38. The Bertz CT molecular complexity index is 1390. The summed E-state index contributed by atoms with van der Waals surface area (Å²) in [5.41, 5.74) is 6.43. The third-order valence-corrected chi connectivity index (χ3v) is 5.86. The van der Waals surface area contributed by atoms with Gasteiger partial charge in [0.1, 0.15) is 11.7 Å². The lowest BCUT2D eigenvalue weighted by Gasteiger charge is -2.30. The van der Waals surface area contributed by atoms with Crippen molar-refractivity contribution in [1.29, 1.82) is 0 Å². The number of benzene rings is 1. The molecule has 1 saturated heterocycles. The Hall–Kier alpha value is -3.45. The number of aromatic nitrogens is 4. The van der Waals surface area contributed by atoms with E-state index in [1.165, 1.54) is 39.8 Å². The van der Waals surface area contributed by atoms with Crippen LogP contribution < -0.4 is 10.5 Å². The molecule has 0 unspecified atom stereocenters. The number of fused-ring (bicyclic) bond motifs is 2. The first-order chi connectivity index (χ1) is 16.6. The van der Waals surface area contributed by atoms with Crippen LogP contribution in [0, 0.1) is 5.82 Å². The summed E-state index contributed by atoms with van der Waals surface area (Å²) in [6, 6.07) is 5.56. The fraction of sp³-hybridized carbons (Fsp3) is 0.318. The molecule has 4 aromatic rings. The molecular formula is C22H18F6N6O. The van der Waals surface area contributed by atoms with E-state index in [9.17, 15) is 26.3 Å². The summed E-state index contributed by atoms with van der Waals surface area (Å²) >= 11 is 0. The van der Waals surface area contributed by atoms with Crippen LogP contribution in [0.5, 0.6) is 5.75 Å². The van der Waals surface area contributed by atoms with E-state index in [0.717, 1.165) is 12.1 Å². The molecule has 4 heterocycles. The van der Waals surface area contributed by atoms with Gasteiger partial charge >= 0.3 is 12.8 Å². The minimum Gasteiger partial charge on any atom is -0.432 e. The number of nitrogens with zero attached hydrogens (tertiary/aromatic N) is 5. The molecule has 2 N–H and O–H groups in total. The standard InChI is InChI=1S/C22H18F6N6O/c23-14-7-11-1-3-15(30-16(11)8-17(14)35-21(24)25)20-32-31-18-4-2-12(9-34(18)20)19(22(26,27)28)33-6-5-13(29)10-33/h1-4,7-9,13,19,21H,5-6,10,29H2/t13-,19+/m0/s1. The number of hydrogen-bond acceptors (Lipinski definition) is 6. The summed E-state index contributed by atoms with van der Waals surface area (Å²) in [7, 11) is 0. The van der Waals surface area contributed by atoms with Gasteiger partial charge in [0.05, 0.1) is 5.52 Å². The second kappa shape index (κ2) is 8.64. The Balaban J connectivity index is 1.58. The van der Waals surface area contributed by atoms with Gasteiger partial charge in [-0.25, -0.2) is 9.37 Å². The second-order valence-electron chi connectivity index (χ2n) is 8.25. The zero-order chi connectivity index (χ0) is 24.9. The zero-order valence-electron chi connectivity index (χ0n) is 17.9. The number of pyridine rings is 2. The molecule has 3 aromatic heterocycles. The average Bonchev–Trinajstić information content (AvgIpc) is 3.39. The monoisotopic (exact) mass is 496 g/mol. The molecule has 0 radical (unpaired) electrons. The molecule has 0 bridgehead atoms. The molecule has 1 aliphatic heterocycles. The highest BCUT2D eigenvalue weighted by Crippen LogP contribution is 2.39. The predicted octanol–water partition coefficient (Wildman–Crippen LogP) is 4.32. The summed E-state index contributed by atoms with van der Waals surface area (Å²) < 4.78 is 86.8. The summed E-state index contributed by atoms with van der Waals surface area (Å²) in [5.74, 6) is -1.53. The third-order valence-electron chi connectivity index (χ3n) is 5.86. The topological polar surface area (TPSA) is 81.6 Å². The third kappa shape index (κ3) is 4.48. The van der Waals surface area contributed by atoms with Crippen LogP contribution in [-0.2, 0) is 0 Å². The summed E-state index contributed by atoms with van der Waals surface area (Å²) in [6.07, 6.45) is -2.78. The Morgan fingerprint density at radius 3 is 2.57 bits per heavy atom. The van der Waals surface area contributed by atoms with Gasteiger partial charge in [-0.1, -0.05) is 12.1 Å². The molecule has 0 spiro atoms. The van der Waals surface area contributed by atoms with Crippen molar-refractivity contribution in [2.75, 3.05) is 13.1 Å². The first kappa shape index (κ1) is 23.3. The highest BCUT2D eigenvalue weighted by atomic mass is 19.4. The van der Waals surface area contributed by atoms with Crippen LogP contribution >= 0.6 is 0 Å². The Labute approximate surface area is 194 Å². The number of alkyl halides is 5. The molecule has 1 aliphatic rings. The lowest BCUT2D eigenvalue weighted by atomic mass is 10.1. The van der Waals surface area contributed by atoms with E-state index in [1.807, 2.05) is 0 Å². The van der Waals surface area contributed by atoms with Gasteiger partial charge in [0.25, 0.3) is 0 Å². The van der Waals surface area contributed by atoms with Crippen molar-refractivity contribution in [1.82, 2.24) is 24.5 Å². The van der Waals surface area contributed by atoms with Crippen molar-refractivity contribution in [3.8, 4) is 17.3 Å². The van der Waals surface area contributed by atoms with E-state index < -0.39 is 30.4 Å². The molecular weight excluding hydrogens is 478 g/mol. The minimum atomic E-state index is -4.54. The molecule has 184 valence electrons. The molecule has 2 atom stereocenters. The Morgan fingerprint density at radius 1 is 1.09 bits per heavy atom. The van der Waals surface area contributed by atoms with E-state index in [4.69, 9.17) is 5.73 Å². The maximum absolute atomic E-state index is 14.0. The first-order valence-corrected chi connectivity index (χ1v) is 10.6. The highest BCUT2D eigenvalue weighted by Gasteiger charge is 2.46. The molecule has 5 rings (SSSR count). The van der Waals surface area contributed by atoms with Gasteiger partial charge in [0.15, 0.2) is 23.0 Å². The fourth-order valence-electron chi connectivity index (χ4n) is 4.34. The number of rotatable bonds is 5. The maximum Gasteiger partial charge on any atom is 0.408 e. The van der Waals surface area contributed by atoms with Gasteiger partial charge in [-0.15, -0.1) is 10.2 Å². The van der Waals surface area contributed by atoms with Crippen LogP contribution in [0.4, 0.5) is 26.3 Å². The summed E-state index contributed by atoms with van der Waals surface area (Å²) in [4.78, 5) is 5.62. The van der Waals surface area contributed by atoms with E-state index in [0.29, 0.717) is 11.8 Å².